The zero-order chi connectivity index (χ0) is 15.9. The summed E-state index contributed by atoms with van der Waals surface area (Å²) in [6, 6.07) is -0.292. The number of amides is 2. The third-order valence-corrected chi connectivity index (χ3v) is 4.82. The Morgan fingerprint density at radius 2 is 2.10 bits per heavy atom. The summed E-state index contributed by atoms with van der Waals surface area (Å²) >= 11 is 0. The van der Waals surface area contributed by atoms with Crippen molar-refractivity contribution in [2.75, 3.05) is 31.9 Å². The van der Waals surface area contributed by atoms with Crippen LogP contribution in [0.25, 0.3) is 0 Å². The molecule has 1 saturated heterocycles. The topological polar surface area (TPSA) is 116 Å². The van der Waals surface area contributed by atoms with E-state index in [1.54, 1.807) is 11.8 Å². The van der Waals surface area contributed by atoms with Gasteiger partial charge in [0.15, 0.2) is 0 Å². The number of hydrogen-bond donors (Lipinski definition) is 3. The monoisotopic (exact) mass is 321 g/mol. The number of hydrogen-bond acceptors (Lipinski definition) is 4. The molecule has 9 heteroatoms. The number of carbonyl (C=O) groups excluding carboxylic acids is 1. The van der Waals surface area contributed by atoms with E-state index < -0.39 is 16.0 Å². The second-order valence-electron chi connectivity index (χ2n) is 5.08. The van der Waals surface area contributed by atoms with E-state index in [0.29, 0.717) is 26.1 Å². The molecule has 1 rings (SSSR count). The van der Waals surface area contributed by atoms with Gasteiger partial charge in [0.05, 0.1) is 5.75 Å². The van der Waals surface area contributed by atoms with Gasteiger partial charge in [0.25, 0.3) is 0 Å². The van der Waals surface area contributed by atoms with Crippen LogP contribution in [0.15, 0.2) is 0 Å². The summed E-state index contributed by atoms with van der Waals surface area (Å²) in [4.78, 5) is 24.0. The molecule has 3 N–H and O–H groups in total. The Balaban J connectivity index is 2.26. The van der Waals surface area contributed by atoms with Crippen LogP contribution in [0.3, 0.4) is 0 Å². The fraction of sp³-hybridized carbons (Fsp3) is 0.833. The maximum absolute atomic E-state index is 11.9. The smallest absolute Gasteiger partial charge is 0.317 e. The van der Waals surface area contributed by atoms with Crippen molar-refractivity contribution in [1.82, 2.24) is 14.9 Å². The molecule has 1 aliphatic rings. The lowest BCUT2D eigenvalue weighted by Crippen LogP contribution is -2.41. The number of carboxylic acid groups (broad SMARTS) is 1. The predicted octanol–water partition coefficient (Wildman–Crippen LogP) is -0.178. The Morgan fingerprint density at radius 3 is 2.71 bits per heavy atom. The molecular weight excluding hydrogens is 298 g/mol. The lowest BCUT2D eigenvalue weighted by molar-refractivity contribution is -0.137. The largest absolute Gasteiger partial charge is 0.481 e. The number of rotatable bonds is 8. The van der Waals surface area contributed by atoms with Crippen LogP contribution in [-0.4, -0.2) is 62.4 Å². The van der Waals surface area contributed by atoms with Crippen LogP contribution in [-0.2, 0) is 14.8 Å². The third-order valence-electron chi connectivity index (χ3n) is 3.35. The quantitative estimate of drug-likeness (QED) is 0.573. The van der Waals surface area contributed by atoms with E-state index in [2.05, 4.69) is 10.0 Å². The van der Waals surface area contributed by atoms with Crippen molar-refractivity contribution >= 4 is 22.0 Å². The zero-order valence-electron chi connectivity index (χ0n) is 12.2. The zero-order valence-corrected chi connectivity index (χ0v) is 13.0. The molecule has 0 aromatic heterocycles. The van der Waals surface area contributed by atoms with E-state index in [9.17, 15) is 18.0 Å². The first-order chi connectivity index (χ1) is 9.84. The summed E-state index contributed by atoms with van der Waals surface area (Å²) in [7, 11) is -3.33. The molecule has 1 atom stereocenters. The van der Waals surface area contributed by atoms with Gasteiger partial charge in [-0.3, -0.25) is 4.79 Å². The summed E-state index contributed by atoms with van der Waals surface area (Å²) in [5, 5.41) is 11.2. The molecule has 8 nitrogen and oxygen atoms in total. The fourth-order valence-corrected chi connectivity index (χ4v) is 3.23. The molecule has 0 bridgehead atoms. The van der Waals surface area contributed by atoms with Crippen molar-refractivity contribution in [3.8, 4) is 0 Å². The standard InChI is InChI=1S/C12H23N3O5S/c1-2-14-21(19,20)8-6-13-12(18)15-7-5-10(9-15)3-4-11(16)17/h10,14H,2-9H2,1H3,(H,13,18)(H,16,17). The number of likely N-dealkylation sites (tertiary alicyclic amines) is 1. The van der Waals surface area contributed by atoms with Gasteiger partial charge in [0.1, 0.15) is 0 Å². The van der Waals surface area contributed by atoms with Gasteiger partial charge in [-0.05, 0) is 18.8 Å². The van der Waals surface area contributed by atoms with Crippen molar-refractivity contribution in [1.29, 1.82) is 0 Å². The van der Waals surface area contributed by atoms with Gasteiger partial charge in [-0.15, -0.1) is 0 Å². The summed E-state index contributed by atoms with van der Waals surface area (Å²) in [5.74, 6) is -0.771. The molecule has 2 amide bonds. The van der Waals surface area contributed by atoms with E-state index >= 15 is 0 Å². The van der Waals surface area contributed by atoms with Crippen LogP contribution >= 0.6 is 0 Å². The van der Waals surface area contributed by atoms with Gasteiger partial charge in [-0.25, -0.2) is 17.9 Å². The molecule has 1 fully saturated rings. The van der Waals surface area contributed by atoms with Gasteiger partial charge in [-0.2, -0.15) is 0 Å². The number of nitrogens with one attached hydrogen (secondary N) is 2. The predicted molar refractivity (Wildman–Crippen MR) is 77.4 cm³/mol. The normalized spacial score (nSPS) is 18.7. The Hall–Kier alpha value is -1.35. The molecule has 1 heterocycles. The van der Waals surface area contributed by atoms with Gasteiger partial charge in [-0.1, -0.05) is 6.92 Å². The third kappa shape index (κ3) is 6.76. The maximum Gasteiger partial charge on any atom is 0.317 e. The average Bonchev–Trinajstić information content (AvgIpc) is 2.84. The minimum atomic E-state index is -3.33. The van der Waals surface area contributed by atoms with E-state index in [1.807, 2.05) is 0 Å². The van der Waals surface area contributed by atoms with Crippen molar-refractivity contribution in [3.05, 3.63) is 0 Å². The number of carboxylic acids is 1. The summed E-state index contributed by atoms with van der Waals surface area (Å²) < 4.78 is 25.2. The molecule has 0 aliphatic carbocycles. The van der Waals surface area contributed by atoms with Crippen molar-refractivity contribution < 1.29 is 23.1 Å². The van der Waals surface area contributed by atoms with Crippen LogP contribution in [0.5, 0.6) is 0 Å². The van der Waals surface area contributed by atoms with Gasteiger partial charge in [0.2, 0.25) is 10.0 Å². The van der Waals surface area contributed by atoms with E-state index in [0.717, 1.165) is 6.42 Å². The van der Waals surface area contributed by atoms with Gasteiger partial charge in [0, 0.05) is 32.6 Å². The fourth-order valence-electron chi connectivity index (χ4n) is 2.28. The highest BCUT2D eigenvalue weighted by Gasteiger charge is 2.26. The molecule has 0 aromatic carbocycles. The number of aliphatic carboxylic acids is 1. The Kier molecular flexibility index (Phi) is 6.90. The summed E-state index contributed by atoms with van der Waals surface area (Å²) in [5.41, 5.74) is 0. The molecule has 1 unspecified atom stereocenters. The first-order valence-electron chi connectivity index (χ1n) is 7.06. The molecule has 0 aromatic rings. The molecule has 21 heavy (non-hydrogen) atoms. The molecular formula is C12H23N3O5S. The van der Waals surface area contributed by atoms with Crippen molar-refractivity contribution in [2.45, 2.75) is 26.2 Å². The molecule has 1 aliphatic heterocycles. The second-order valence-corrected chi connectivity index (χ2v) is 7.01. The van der Waals surface area contributed by atoms with E-state index in [1.165, 1.54) is 0 Å². The SMILES string of the molecule is CCNS(=O)(=O)CCNC(=O)N1CCC(CCC(=O)O)C1. The van der Waals surface area contributed by atoms with Crippen LogP contribution in [0.1, 0.15) is 26.2 Å². The molecule has 0 radical (unpaired) electrons. The van der Waals surface area contributed by atoms with E-state index in [-0.39, 0.29) is 30.7 Å². The Bertz CT molecular complexity index is 466. The lowest BCUT2D eigenvalue weighted by Gasteiger charge is -2.17. The summed E-state index contributed by atoms with van der Waals surface area (Å²) in [6.45, 7) is 3.19. The number of sulfonamides is 1. The number of carbonyl (C=O) groups is 2. The van der Waals surface area contributed by atoms with Crippen LogP contribution in [0.2, 0.25) is 0 Å². The highest BCUT2D eigenvalue weighted by Crippen LogP contribution is 2.20. The van der Waals surface area contributed by atoms with Crippen molar-refractivity contribution in [3.63, 3.8) is 0 Å². The van der Waals surface area contributed by atoms with Gasteiger partial charge < -0.3 is 15.3 Å². The second kappa shape index (κ2) is 8.18. The van der Waals surface area contributed by atoms with Crippen LogP contribution in [0, 0.1) is 5.92 Å². The minimum absolute atomic E-state index is 0.0600. The van der Waals surface area contributed by atoms with Crippen LogP contribution in [0.4, 0.5) is 4.79 Å². The maximum atomic E-state index is 11.9. The lowest BCUT2D eigenvalue weighted by atomic mass is 10.0. The first-order valence-corrected chi connectivity index (χ1v) is 8.71. The van der Waals surface area contributed by atoms with Crippen LogP contribution < -0.4 is 10.0 Å². The molecule has 0 spiro atoms. The first kappa shape index (κ1) is 17.7. The molecule has 122 valence electrons. The highest BCUT2D eigenvalue weighted by atomic mass is 32.2. The minimum Gasteiger partial charge on any atom is -0.481 e. The summed E-state index contributed by atoms with van der Waals surface area (Å²) in [6.07, 6.45) is 1.46. The van der Waals surface area contributed by atoms with Gasteiger partial charge >= 0.3 is 12.0 Å². The average molecular weight is 321 g/mol. The van der Waals surface area contributed by atoms with Crippen molar-refractivity contribution in [2.24, 2.45) is 5.92 Å². The number of urea groups is 1. The highest BCUT2D eigenvalue weighted by molar-refractivity contribution is 7.89. The Labute approximate surface area is 124 Å². The number of nitrogens with zero attached hydrogens (tertiary/aromatic N) is 1. The molecule has 0 saturated carbocycles. The van der Waals surface area contributed by atoms with E-state index in [4.69, 9.17) is 5.11 Å². The Morgan fingerprint density at radius 1 is 1.38 bits per heavy atom.